The van der Waals surface area contributed by atoms with Gasteiger partial charge in [0, 0.05) is 16.6 Å². The van der Waals surface area contributed by atoms with Crippen LogP contribution in [0.3, 0.4) is 0 Å². The number of aromatic nitrogens is 2. The first-order valence-corrected chi connectivity index (χ1v) is 10.2. The van der Waals surface area contributed by atoms with Crippen LogP contribution in [0.5, 0.6) is 0 Å². The van der Waals surface area contributed by atoms with Gasteiger partial charge in [0.15, 0.2) is 5.43 Å². The summed E-state index contributed by atoms with van der Waals surface area (Å²) in [6, 6.07) is 9.81. The van der Waals surface area contributed by atoms with Gasteiger partial charge in [0.05, 0.1) is 21.9 Å². The van der Waals surface area contributed by atoms with Crippen molar-refractivity contribution in [2.75, 3.05) is 4.90 Å². The summed E-state index contributed by atoms with van der Waals surface area (Å²) < 4.78 is 6.52. The number of carbonyl (C=O) groups excluding carboxylic acids is 1. The molecule has 0 saturated carbocycles. The maximum atomic E-state index is 13.4. The summed E-state index contributed by atoms with van der Waals surface area (Å²) in [5.74, 6) is -0.597. The Morgan fingerprint density at radius 3 is 2.60 bits per heavy atom. The molecular formula is C19H9BrN4O5S. The molecule has 0 saturated heterocycles. The summed E-state index contributed by atoms with van der Waals surface area (Å²) in [6.45, 7) is 0. The van der Waals surface area contributed by atoms with Crippen molar-refractivity contribution in [3.63, 3.8) is 0 Å². The highest BCUT2D eigenvalue weighted by molar-refractivity contribution is 9.10. The third kappa shape index (κ3) is 2.74. The molecule has 0 radical (unpaired) electrons. The van der Waals surface area contributed by atoms with E-state index >= 15 is 0 Å². The van der Waals surface area contributed by atoms with Crippen molar-refractivity contribution in [1.29, 1.82) is 0 Å². The van der Waals surface area contributed by atoms with Gasteiger partial charge >= 0.3 is 0 Å². The molecule has 1 amide bonds. The van der Waals surface area contributed by atoms with Crippen molar-refractivity contribution in [2.45, 2.75) is 6.04 Å². The Morgan fingerprint density at radius 2 is 1.93 bits per heavy atom. The molecule has 0 N–H and O–H groups in total. The summed E-state index contributed by atoms with van der Waals surface area (Å²) in [4.78, 5) is 38.5. The van der Waals surface area contributed by atoms with E-state index in [1.165, 1.54) is 34.7 Å². The first-order valence-electron chi connectivity index (χ1n) is 8.56. The zero-order valence-electron chi connectivity index (χ0n) is 14.8. The van der Waals surface area contributed by atoms with E-state index in [4.69, 9.17) is 4.42 Å². The molecular weight excluding hydrogens is 476 g/mol. The molecule has 3 heterocycles. The van der Waals surface area contributed by atoms with Crippen LogP contribution in [0, 0.1) is 10.1 Å². The summed E-state index contributed by atoms with van der Waals surface area (Å²) in [7, 11) is 0. The topological polar surface area (TPSA) is 119 Å². The molecule has 2 aromatic heterocycles. The largest absolute Gasteiger partial charge is 0.450 e. The van der Waals surface area contributed by atoms with Crippen LogP contribution in [-0.2, 0) is 0 Å². The quantitative estimate of drug-likeness (QED) is 0.317. The molecule has 9 nitrogen and oxygen atoms in total. The van der Waals surface area contributed by atoms with Crippen LogP contribution in [0.25, 0.3) is 11.0 Å². The number of nitro benzene ring substituents is 1. The first-order chi connectivity index (χ1) is 14.5. The number of rotatable bonds is 3. The Kier molecular flexibility index (Phi) is 4.22. The fourth-order valence-corrected chi connectivity index (χ4v) is 4.45. The Bertz CT molecular complexity index is 1380. The van der Waals surface area contributed by atoms with Gasteiger partial charge in [-0.3, -0.25) is 24.6 Å². The number of hydrogen-bond donors (Lipinski definition) is 0. The molecule has 0 fully saturated rings. The Balaban J connectivity index is 1.79. The maximum absolute atomic E-state index is 13.4. The average molecular weight is 485 g/mol. The van der Waals surface area contributed by atoms with Crippen LogP contribution in [-0.4, -0.2) is 21.0 Å². The van der Waals surface area contributed by atoms with Gasteiger partial charge in [-0.15, -0.1) is 10.2 Å². The molecule has 30 heavy (non-hydrogen) atoms. The van der Waals surface area contributed by atoms with Crippen molar-refractivity contribution in [3.05, 3.63) is 89.7 Å². The van der Waals surface area contributed by atoms with E-state index in [2.05, 4.69) is 26.1 Å². The second-order valence-electron chi connectivity index (χ2n) is 6.46. The van der Waals surface area contributed by atoms with Gasteiger partial charge in [-0.05, 0) is 35.9 Å². The summed E-state index contributed by atoms with van der Waals surface area (Å²) in [6.07, 6.45) is 0. The number of benzene rings is 2. The lowest BCUT2D eigenvalue weighted by Gasteiger charge is -2.21. The van der Waals surface area contributed by atoms with Crippen LogP contribution in [0.1, 0.15) is 27.7 Å². The summed E-state index contributed by atoms with van der Waals surface area (Å²) >= 11 is 4.48. The smallest absolute Gasteiger partial charge is 0.297 e. The van der Waals surface area contributed by atoms with Crippen LogP contribution in [0.15, 0.2) is 61.7 Å². The van der Waals surface area contributed by atoms with Gasteiger partial charge in [0.1, 0.15) is 11.1 Å². The lowest BCUT2D eigenvalue weighted by Crippen LogP contribution is -2.29. The number of non-ortho nitro benzene ring substituents is 1. The third-order valence-corrected chi connectivity index (χ3v) is 5.99. The fourth-order valence-electron chi connectivity index (χ4n) is 3.51. The van der Waals surface area contributed by atoms with E-state index in [0.29, 0.717) is 20.6 Å². The van der Waals surface area contributed by atoms with Crippen molar-refractivity contribution >= 4 is 55.0 Å². The Hall–Kier alpha value is -3.44. The number of hydrogen-bond acceptors (Lipinski definition) is 8. The van der Waals surface area contributed by atoms with E-state index in [1.54, 1.807) is 18.2 Å². The maximum Gasteiger partial charge on any atom is 0.297 e. The zero-order chi connectivity index (χ0) is 21.0. The number of anilines is 1. The lowest BCUT2D eigenvalue weighted by molar-refractivity contribution is -0.384. The minimum Gasteiger partial charge on any atom is -0.450 e. The molecule has 0 bridgehead atoms. The lowest BCUT2D eigenvalue weighted by atomic mass is 9.98. The summed E-state index contributed by atoms with van der Waals surface area (Å²) in [5.41, 5.74) is 1.99. The van der Waals surface area contributed by atoms with Crippen molar-refractivity contribution in [3.8, 4) is 0 Å². The van der Waals surface area contributed by atoms with Crippen molar-refractivity contribution < 1.29 is 14.1 Å². The van der Waals surface area contributed by atoms with Gasteiger partial charge < -0.3 is 4.42 Å². The van der Waals surface area contributed by atoms with Gasteiger partial charge in [0.2, 0.25) is 10.9 Å². The Labute approximate surface area is 179 Å². The van der Waals surface area contributed by atoms with Crippen LogP contribution < -0.4 is 10.3 Å². The number of nitrogens with zero attached hydrogens (tertiary/aromatic N) is 4. The van der Waals surface area contributed by atoms with Gasteiger partial charge in [-0.1, -0.05) is 27.3 Å². The summed E-state index contributed by atoms with van der Waals surface area (Å²) in [5, 5.41) is 19.4. The number of amides is 1. The minimum atomic E-state index is -0.846. The molecule has 0 spiro atoms. The van der Waals surface area contributed by atoms with E-state index in [1.807, 2.05) is 0 Å². The molecule has 5 rings (SSSR count). The highest BCUT2D eigenvalue weighted by Gasteiger charge is 2.45. The number of carbonyl (C=O) groups is 1. The SMILES string of the molecule is O=C1c2oc3ccc(Br)cc3c(=O)c2C(c2ccc([N+](=O)[O-])cc2)N1c1nncs1. The second-order valence-corrected chi connectivity index (χ2v) is 8.19. The predicted molar refractivity (Wildman–Crippen MR) is 112 cm³/mol. The molecule has 1 aliphatic heterocycles. The van der Waals surface area contributed by atoms with E-state index in [9.17, 15) is 19.7 Å². The Morgan fingerprint density at radius 1 is 1.17 bits per heavy atom. The monoisotopic (exact) mass is 484 g/mol. The standard InChI is InChI=1S/C19H9BrN4O5S/c20-10-3-6-13-12(7-10)16(25)14-15(9-1-4-11(5-2-9)24(27)28)23(18(26)17(14)29-13)19-22-21-8-30-19/h1-8,15H. The van der Waals surface area contributed by atoms with Crippen LogP contribution >= 0.6 is 27.3 Å². The van der Waals surface area contributed by atoms with Gasteiger partial charge in [0.25, 0.3) is 11.6 Å². The van der Waals surface area contributed by atoms with Crippen LogP contribution in [0.4, 0.5) is 10.8 Å². The molecule has 1 atom stereocenters. The third-order valence-electron chi connectivity index (χ3n) is 4.81. The molecule has 2 aromatic carbocycles. The number of fused-ring (bicyclic) bond motifs is 2. The van der Waals surface area contributed by atoms with Crippen molar-refractivity contribution in [2.24, 2.45) is 0 Å². The second kappa shape index (κ2) is 6.82. The van der Waals surface area contributed by atoms with Crippen LogP contribution in [0.2, 0.25) is 0 Å². The predicted octanol–water partition coefficient (Wildman–Crippen LogP) is 4.07. The molecule has 11 heteroatoms. The van der Waals surface area contributed by atoms with E-state index in [0.717, 1.165) is 11.3 Å². The molecule has 4 aromatic rings. The molecule has 0 aliphatic carbocycles. The normalized spacial score (nSPS) is 15.6. The highest BCUT2D eigenvalue weighted by Crippen LogP contribution is 2.42. The van der Waals surface area contributed by atoms with Crippen molar-refractivity contribution in [1.82, 2.24) is 10.2 Å². The van der Waals surface area contributed by atoms with Gasteiger partial charge in [-0.25, -0.2) is 0 Å². The molecule has 1 aliphatic rings. The zero-order valence-corrected chi connectivity index (χ0v) is 17.2. The fraction of sp³-hybridized carbons (Fsp3) is 0.0526. The molecule has 148 valence electrons. The number of halogens is 1. The van der Waals surface area contributed by atoms with E-state index in [-0.39, 0.29) is 28.0 Å². The first kappa shape index (κ1) is 18.6. The molecule has 1 unspecified atom stereocenters. The average Bonchev–Trinajstić information content (AvgIpc) is 3.35. The number of nitro groups is 1. The van der Waals surface area contributed by atoms with Gasteiger partial charge in [-0.2, -0.15) is 0 Å². The minimum absolute atomic E-state index is 0.0756. The van der Waals surface area contributed by atoms with E-state index < -0.39 is 16.9 Å². The highest BCUT2D eigenvalue weighted by atomic mass is 79.9.